The Morgan fingerprint density at radius 3 is 2.42 bits per heavy atom. The van der Waals surface area contributed by atoms with Crippen molar-refractivity contribution in [1.82, 2.24) is 9.80 Å². The minimum absolute atomic E-state index is 0.0417. The molecule has 3 aliphatic rings. The highest BCUT2D eigenvalue weighted by atomic mass is 16.7. The minimum Gasteiger partial charge on any atom is -0.493 e. The monoisotopic (exact) mass is 532 g/mol. The smallest absolute Gasteiger partial charge is 0.308 e. The lowest BCUT2D eigenvalue weighted by molar-refractivity contribution is -0.144. The van der Waals surface area contributed by atoms with Crippen LogP contribution in [0.4, 0.5) is 0 Å². The van der Waals surface area contributed by atoms with Gasteiger partial charge < -0.3 is 33.7 Å². The quantitative estimate of drug-likeness (QED) is 0.381. The molecule has 38 heavy (non-hydrogen) atoms. The van der Waals surface area contributed by atoms with Gasteiger partial charge in [-0.15, -0.1) is 0 Å². The molecule has 1 N–H and O–H groups in total. The zero-order valence-corrected chi connectivity index (χ0v) is 22.6. The zero-order chi connectivity index (χ0) is 27.1. The first-order valence-electron chi connectivity index (χ1n) is 13.6. The number of benzene rings is 1. The van der Waals surface area contributed by atoms with E-state index >= 15 is 0 Å². The predicted octanol–water partition coefficient (Wildman–Crippen LogP) is 3.95. The van der Waals surface area contributed by atoms with Gasteiger partial charge in [0, 0.05) is 38.0 Å². The van der Waals surface area contributed by atoms with E-state index in [4.69, 9.17) is 23.7 Å². The van der Waals surface area contributed by atoms with Crippen molar-refractivity contribution in [2.75, 3.05) is 40.1 Å². The maximum Gasteiger partial charge on any atom is 0.308 e. The molecule has 3 aliphatic heterocycles. The van der Waals surface area contributed by atoms with E-state index in [1.807, 2.05) is 21.9 Å². The van der Waals surface area contributed by atoms with E-state index in [-0.39, 0.29) is 31.2 Å². The van der Waals surface area contributed by atoms with Crippen LogP contribution >= 0.6 is 0 Å². The highest BCUT2D eigenvalue weighted by Gasteiger charge is 2.48. The van der Waals surface area contributed by atoms with Crippen LogP contribution in [0.15, 0.2) is 24.7 Å². The molecule has 0 aromatic heterocycles. The van der Waals surface area contributed by atoms with Gasteiger partial charge in [-0.3, -0.25) is 14.5 Å². The molecule has 1 amide bonds. The zero-order valence-electron chi connectivity index (χ0n) is 22.6. The highest BCUT2D eigenvalue weighted by Crippen LogP contribution is 2.47. The van der Waals surface area contributed by atoms with Crippen LogP contribution in [-0.4, -0.2) is 79.2 Å². The van der Waals surface area contributed by atoms with E-state index in [0.717, 1.165) is 31.2 Å². The Labute approximate surface area is 224 Å². The molecule has 0 aliphatic carbocycles. The average Bonchev–Trinajstić information content (AvgIpc) is 3.67. The van der Waals surface area contributed by atoms with Gasteiger partial charge in [-0.25, -0.2) is 0 Å². The van der Waals surface area contributed by atoms with Crippen molar-refractivity contribution in [2.24, 2.45) is 5.92 Å². The molecule has 10 heteroatoms. The van der Waals surface area contributed by atoms with Gasteiger partial charge >= 0.3 is 5.97 Å². The van der Waals surface area contributed by atoms with E-state index in [1.54, 1.807) is 7.11 Å². The Morgan fingerprint density at radius 1 is 1.08 bits per heavy atom. The summed E-state index contributed by atoms with van der Waals surface area (Å²) in [6, 6.07) is 3.30. The number of carbonyl (C=O) groups excluding carboxylic acids is 1. The van der Waals surface area contributed by atoms with Crippen molar-refractivity contribution >= 4 is 11.9 Å². The van der Waals surface area contributed by atoms with E-state index < -0.39 is 18.2 Å². The van der Waals surface area contributed by atoms with Gasteiger partial charge in [0.05, 0.1) is 19.6 Å². The standard InChI is InChI=1S/C28H40N2O8/c1-4-6-10-29(11-7-5-2)24(31)17-30-16-20(19-14-22(34-3)27-23(15-19)37-18-38-27)26(28(32)33)21(30)8-9-25-35-12-13-36-25/h12-15,20-21,25-26H,4-11,16-18H2,1-3H3,(H,32,33)/t20?,21-,26?/m0/s1. The summed E-state index contributed by atoms with van der Waals surface area (Å²) in [4.78, 5) is 30.2. The number of carboxylic acid groups (broad SMARTS) is 1. The maximum absolute atomic E-state index is 13.5. The summed E-state index contributed by atoms with van der Waals surface area (Å²) in [5.74, 6) is -0.381. The van der Waals surface area contributed by atoms with Crippen LogP contribution in [0.1, 0.15) is 63.9 Å². The number of nitrogens with zero attached hydrogens (tertiary/aromatic N) is 2. The SMILES string of the molecule is CCCCN(CCCC)C(=O)CN1CC(c2cc(OC)c3c(c2)OCO3)C(C(=O)O)[C@@H]1CCC1OC=CO1. The van der Waals surface area contributed by atoms with E-state index in [1.165, 1.54) is 12.5 Å². The molecule has 10 nitrogen and oxygen atoms in total. The maximum atomic E-state index is 13.5. The second-order valence-corrected chi connectivity index (χ2v) is 10.1. The summed E-state index contributed by atoms with van der Waals surface area (Å²) in [5, 5.41) is 10.4. The summed E-state index contributed by atoms with van der Waals surface area (Å²) in [7, 11) is 1.55. The molecular formula is C28H40N2O8. The Kier molecular flexibility index (Phi) is 9.60. The molecule has 2 unspecified atom stereocenters. The predicted molar refractivity (Wildman–Crippen MR) is 139 cm³/mol. The van der Waals surface area contributed by atoms with Gasteiger partial charge in [0.2, 0.25) is 24.7 Å². The number of rotatable bonds is 14. The number of fused-ring (bicyclic) bond motifs is 1. The van der Waals surface area contributed by atoms with Crippen molar-refractivity contribution in [3.63, 3.8) is 0 Å². The summed E-state index contributed by atoms with van der Waals surface area (Å²) >= 11 is 0. The Morgan fingerprint density at radius 2 is 1.79 bits per heavy atom. The highest BCUT2D eigenvalue weighted by molar-refractivity contribution is 5.79. The molecule has 1 fully saturated rings. The first-order valence-corrected chi connectivity index (χ1v) is 13.6. The van der Waals surface area contributed by atoms with Gasteiger partial charge in [0.1, 0.15) is 12.5 Å². The largest absolute Gasteiger partial charge is 0.493 e. The van der Waals surface area contributed by atoms with Crippen molar-refractivity contribution in [3.05, 3.63) is 30.2 Å². The molecule has 0 spiro atoms. The fourth-order valence-corrected chi connectivity index (χ4v) is 5.60. The number of amides is 1. The molecule has 1 saturated heterocycles. The number of hydrogen-bond acceptors (Lipinski definition) is 8. The second kappa shape index (κ2) is 13.1. The topological polar surface area (TPSA) is 107 Å². The third-order valence-corrected chi connectivity index (χ3v) is 7.61. The fraction of sp³-hybridized carbons (Fsp3) is 0.643. The summed E-state index contributed by atoms with van der Waals surface area (Å²) < 4.78 is 27.6. The average molecular weight is 533 g/mol. The summed E-state index contributed by atoms with van der Waals surface area (Å²) in [6.45, 7) is 6.35. The van der Waals surface area contributed by atoms with Gasteiger partial charge in [0.15, 0.2) is 11.5 Å². The third kappa shape index (κ3) is 6.28. The van der Waals surface area contributed by atoms with Gasteiger partial charge in [0.25, 0.3) is 0 Å². The number of likely N-dealkylation sites (tertiary alicyclic amines) is 1. The van der Waals surface area contributed by atoms with Crippen molar-refractivity contribution < 1.29 is 38.4 Å². The van der Waals surface area contributed by atoms with Crippen molar-refractivity contribution in [3.8, 4) is 17.2 Å². The molecule has 0 radical (unpaired) electrons. The van der Waals surface area contributed by atoms with Crippen LogP contribution in [0, 0.1) is 5.92 Å². The summed E-state index contributed by atoms with van der Waals surface area (Å²) in [6.07, 6.45) is 7.47. The number of ether oxygens (including phenoxy) is 5. The van der Waals surface area contributed by atoms with Crippen LogP contribution in [0.5, 0.6) is 17.2 Å². The van der Waals surface area contributed by atoms with Gasteiger partial charge in [-0.05, 0) is 37.0 Å². The van der Waals surface area contributed by atoms with Gasteiger partial charge in [-0.1, -0.05) is 26.7 Å². The lowest BCUT2D eigenvalue weighted by Crippen LogP contribution is -2.45. The van der Waals surface area contributed by atoms with Crippen LogP contribution in [0.2, 0.25) is 0 Å². The lowest BCUT2D eigenvalue weighted by atomic mass is 9.83. The number of methoxy groups -OCH3 is 1. The Balaban J connectivity index is 1.60. The number of hydrogen-bond donors (Lipinski definition) is 1. The molecule has 1 aromatic carbocycles. The van der Waals surface area contributed by atoms with E-state index in [9.17, 15) is 14.7 Å². The molecule has 0 bridgehead atoms. The minimum atomic E-state index is -0.896. The normalized spacial score (nSPS) is 22.3. The summed E-state index contributed by atoms with van der Waals surface area (Å²) in [5.41, 5.74) is 0.794. The Hall–Kier alpha value is -3.14. The molecule has 3 atom stereocenters. The van der Waals surface area contributed by atoms with Crippen LogP contribution in [0.25, 0.3) is 0 Å². The van der Waals surface area contributed by atoms with E-state index in [0.29, 0.717) is 49.7 Å². The number of aliphatic carboxylic acids is 1. The number of unbranched alkanes of at least 4 members (excludes halogenated alkanes) is 2. The van der Waals surface area contributed by atoms with Crippen LogP contribution < -0.4 is 14.2 Å². The number of carbonyl (C=O) groups is 2. The lowest BCUT2D eigenvalue weighted by Gasteiger charge is -2.30. The fourth-order valence-electron chi connectivity index (χ4n) is 5.60. The molecular weight excluding hydrogens is 492 g/mol. The van der Waals surface area contributed by atoms with Gasteiger partial charge in [-0.2, -0.15) is 0 Å². The van der Waals surface area contributed by atoms with Crippen molar-refractivity contribution in [2.45, 2.75) is 70.6 Å². The molecule has 4 rings (SSSR count). The first kappa shape index (κ1) is 27.9. The first-order chi connectivity index (χ1) is 18.5. The second-order valence-electron chi connectivity index (χ2n) is 10.1. The van der Waals surface area contributed by atoms with Crippen LogP contribution in [0.3, 0.4) is 0 Å². The van der Waals surface area contributed by atoms with Crippen molar-refractivity contribution in [1.29, 1.82) is 0 Å². The third-order valence-electron chi connectivity index (χ3n) is 7.61. The molecule has 1 aromatic rings. The Bertz CT molecular complexity index is 983. The molecule has 210 valence electrons. The number of carboxylic acids is 1. The van der Waals surface area contributed by atoms with E-state index in [2.05, 4.69) is 13.8 Å². The van der Waals surface area contributed by atoms with Crippen LogP contribution in [-0.2, 0) is 19.1 Å². The molecule has 3 heterocycles. The molecule has 0 saturated carbocycles.